The van der Waals surface area contributed by atoms with Gasteiger partial charge >= 0.3 is 5.97 Å². The van der Waals surface area contributed by atoms with E-state index in [0.717, 1.165) is 33.4 Å². The Balaban J connectivity index is 2.05. The molecule has 26 heavy (non-hydrogen) atoms. The van der Waals surface area contributed by atoms with Crippen LogP contribution < -0.4 is 4.74 Å². The molecule has 0 spiro atoms. The molecule has 3 nitrogen and oxygen atoms in total. The van der Waals surface area contributed by atoms with Gasteiger partial charge in [0.05, 0.1) is 0 Å². The van der Waals surface area contributed by atoms with Crippen LogP contribution in [0.15, 0.2) is 61.2 Å². The summed E-state index contributed by atoms with van der Waals surface area (Å²) in [5.74, 6) is 0.394. The summed E-state index contributed by atoms with van der Waals surface area (Å²) in [4.78, 5) is 11.2. The van der Waals surface area contributed by atoms with Crippen LogP contribution in [0.5, 0.6) is 5.75 Å². The average molecular weight is 348 g/mol. The maximum absolute atomic E-state index is 11.2. The SMILES string of the molecule is C=CC(=O)OCCOc1c2ccccc2cc2ccc(C(C)(C)C)cc12. The molecule has 3 aromatic rings. The van der Waals surface area contributed by atoms with E-state index in [1.54, 1.807) is 0 Å². The van der Waals surface area contributed by atoms with E-state index >= 15 is 0 Å². The molecule has 0 bridgehead atoms. The molecule has 0 aliphatic carbocycles. The number of ether oxygens (including phenoxy) is 2. The number of hydrogen-bond acceptors (Lipinski definition) is 3. The molecule has 0 saturated carbocycles. The van der Waals surface area contributed by atoms with Crippen molar-refractivity contribution < 1.29 is 14.3 Å². The topological polar surface area (TPSA) is 35.5 Å². The van der Waals surface area contributed by atoms with Crippen LogP contribution in [-0.2, 0) is 14.9 Å². The Kier molecular flexibility index (Phi) is 4.99. The summed E-state index contributed by atoms with van der Waals surface area (Å²) in [5.41, 5.74) is 1.31. The quantitative estimate of drug-likeness (QED) is 0.268. The van der Waals surface area contributed by atoms with Crippen LogP contribution in [0.2, 0.25) is 0 Å². The molecule has 0 aliphatic heterocycles. The maximum atomic E-state index is 11.2. The van der Waals surface area contributed by atoms with Gasteiger partial charge in [-0.2, -0.15) is 0 Å². The van der Waals surface area contributed by atoms with Crippen molar-refractivity contribution in [3.8, 4) is 5.75 Å². The minimum absolute atomic E-state index is 0.0522. The van der Waals surface area contributed by atoms with Crippen LogP contribution in [-0.4, -0.2) is 19.2 Å². The summed E-state index contributed by atoms with van der Waals surface area (Å²) in [6, 6.07) is 16.9. The number of hydrogen-bond donors (Lipinski definition) is 0. The highest BCUT2D eigenvalue weighted by molar-refractivity contribution is 6.05. The lowest BCUT2D eigenvalue weighted by molar-refractivity contribution is -0.138. The fourth-order valence-electron chi connectivity index (χ4n) is 2.99. The number of rotatable bonds is 5. The average Bonchev–Trinajstić information content (AvgIpc) is 2.62. The van der Waals surface area contributed by atoms with E-state index in [1.165, 1.54) is 5.56 Å². The maximum Gasteiger partial charge on any atom is 0.330 e. The summed E-state index contributed by atoms with van der Waals surface area (Å²) >= 11 is 0. The van der Waals surface area contributed by atoms with Gasteiger partial charge in [0.1, 0.15) is 19.0 Å². The molecule has 0 saturated heterocycles. The normalized spacial score (nSPS) is 11.5. The van der Waals surface area contributed by atoms with Crippen LogP contribution in [0, 0.1) is 0 Å². The highest BCUT2D eigenvalue weighted by Crippen LogP contribution is 2.37. The zero-order valence-electron chi connectivity index (χ0n) is 15.5. The zero-order chi connectivity index (χ0) is 18.7. The van der Waals surface area contributed by atoms with Gasteiger partial charge in [-0.3, -0.25) is 0 Å². The molecule has 3 heteroatoms. The van der Waals surface area contributed by atoms with Crippen LogP contribution in [0.1, 0.15) is 26.3 Å². The van der Waals surface area contributed by atoms with Crippen molar-refractivity contribution in [2.75, 3.05) is 13.2 Å². The predicted octanol–water partition coefficient (Wildman–Crippen LogP) is 5.40. The minimum Gasteiger partial charge on any atom is -0.489 e. The Labute approximate surface area is 154 Å². The van der Waals surface area contributed by atoms with E-state index in [2.05, 4.69) is 63.7 Å². The van der Waals surface area contributed by atoms with Gasteiger partial charge in [0.15, 0.2) is 0 Å². The second kappa shape index (κ2) is 7.20. The lowest BCUT2D eigenvalue weighted by atomic mass is 9.85. The molecule has 0 heterocycles. The molecular formula is C23H24O3. The van der Waals surface area contributed by atoms with E-state index < -0.39 is 5.97 Å². The lowest BCUT2D eigenvalue weighted by Gasteiger charge is -2.21. The number of fused-ring (bicyclic) bond motifs is 2. The standard InChI is InChI=1S/C23H24O3/c1-5-21(24)25-12-13-26-22-19-9-7-6-8-16(19)14-17-10-11-18(15-20(17)22)23(2,3)4/h5-11,14-15H,1,12-13H2,2-4H3. The van der Waals surface area contributed by atoms with Crippen LogP contribution in [0.4, 0.5) is 0 Å². The Hall–Kier alpha value is -2.81. The molecule has 0 radical (unpaired) electrons. The monoisotopic (exact) mass is 348 g/mol. The Morgan fingerprint density at radius 3 is 2.46 bits per heavy atom. The smallest absolute Gasteiger partial charge is 0.330 e. The van der Waals surface area contributed by atoms with Gasteiger partial charge in [0, 0.05) is 16.8 Å². The van der Waals surface area contributed by atoms with Gasteiger partial charge < -0.3 is 9.47 Å². The molecule has 0 aromatic heterocycles. The molecule has 0 amide bonds. The number of carbonyl (C=O) groups is 1. The van der Waals surface area contributed by atoms with Crippen molar-refractivity contribution in [3.63, 3.8) is 0 Å². The summed E-state index contributed by atoms with van der Waals surface area (Å²) in [7, 11) is 0. The van der Waals surface area contributed by atoms with E-state index in [0.29, 0.717) is 6.61 Å². The van der Waals surface area contributed by atoms with Gasteiger partial charge in [-0.1, -0.05) is 63.7 Å². The van der Waals surface area contributed by atoms with E-state index in [1.807, 2.05) is 12.1 Å². The first-order valence-corrected chi connectivity index (χ1v) is 8.78. The molecule has 3 aromatic carbocycles. The molecule has 0 N–H and O–H groups in total. The summed E-state index contributed by atoms with van der Waals surface area (Å²) < 4.78 is 11.1. The fraction of sp³-hybridized carbons (Fsp3) is 0.261. The van der Waals surface area contributed by atoms with Crippen LogP contribution in [0.3, 0.4) is 0 Å². The second-order valence-electron chi connectivity index (χ2n) is 7.33. The Bertz CT molecular complexity index is 964. The van der Waals surface area contributed by atoms with E-state index in [-0.39, 0.29) is 12.0 Å². The van der Waals surface area contributed by atoms with Crippen LogP contribution in [0.25, 0.3) is 21.5 Å². The largest absolute Gasteiger partial charge is 0.489 e. The highest BCUT2D eigenvalue weighted by atomic mass is 16.6. The molecule has 0 fully saturated rings. The van der Waals surface area contributed by atoms with Crippen molar-refractivity contribution in [3.05, 3.63) is 66.7 Å². The van der Waals surface area contributed by atoms with Gasteiger partial charge in [0.25, 0.3) is 0 Å². The van der Waals surface area contributed by atoms with Crippen LogP contribution >= 0.6 is 0 Å². The fourth-order valence-corrected chi connectivity index (χ4v) is 2.99. The van der Waals surface area contributed by atoms with E-state index in [4.69, 9.17) is 9.47 Å². The number of benzene rings is 3. The Morgan fingerprint density at radius 2 is 1.73 bits per heavy atom. The van der Waals surface area contributed by atoms with Crippen molar-refractivity contribution in [1.29, 1.82) is 0 Å². The predicted molar refractivity (Wildman–Crippen MR) is 107 cm³/mol. The number of esters is 1. The first-order valence-electron chi connectivity index (χ1n) is 8.78. The first-order chi connectivity index (χ1) is 12.4. The zero-order valence-corrected chi connectivity index (χ0v) is 15.5. The highest BCUT2D eigenvalue weighted by Gasteiger charge is 2.16. The molecule has 0 aliphatic rings. The second-order valence-corrected chi connectivity index (χ2v) is 7.33. The number of carbonyl (C=O) groups excluding carboxylic acids is 1. The summed E-state index contributed by atoms with van der Waals surface area (Å²) in [6.45, 7) is 10.5. The van der Waals surface area contributed by atoms with Crippen molar-refractivity contribution >= 4 is 27.5 Å². The lowest BCUT2D eigenvalue weighted by Crippen LogP contribution is -2.12. The minimum atomic E-state index is -0.439. The molecular weight excluding hydrogens is 324 g/mol. The van der Waals surface area contributed by atoms with Gasteiger partial charge in [-0.15, -0.1) is 0 Å². The van der Waals surface area contributed by atoms with Gasteiger partial charge in [-0.25, -0.2) is 4.79 Å². The van der Waals surface area contributed by atoms with Crippen molar-refractivity contribution in [2.45, 2.75) is 26.2 Å². The third kappa shape index (κ3) is 3.72. The van der Waals surface area contributed by atoms with Gasteiger partial charge in [0.2, 0.25) is 0 Å². The van der Waals surface area contributed by atoms with Gasteiger partial charge in [-0.05, 0) is 33.9 Å². The summed E-state index contributed by atoms with van der Waals surface area (Å²) in [6.07, 6.45) is 1.16. The molecule has 0 atom stereocenters. The summed E-state index contributed by atoms with van der Waals surface area (Å²) in [5, 5.41) is 4.39. The van der Waals surface area contributed by atoms with E-state index in [9.17, 15) is 4.79 Å². The third-order valence-corrected chi connectivity index (χ3v) is 4.42. The van der Waals surface area contributed by atoms with Crippen molar-refractivity contribution in [2.24, 2.45) is 0 Å². The molecule has 3 rings (SSSR count). The first kappa shape index (κ1) is 18.0. The third-order valence-electron chi connectivity index (χ3n) is 4.42. The Morgan fingerprint density at radius 1 is 1.00 bits per heavy atom. The van der Waals surface area contributed by atoms with Crippen molar-refractivity contribution in [1.82, 2.24) is 0 Å². The molecule has 134 valence electrons. The molecule has 0 unspecified atom stereocenters.